The highest BCUT2D eigenvalue weighted by Crippen LogP contribution is 2.27. The van der Waals surface area contributed by atoms with Crippen LogP contribution < -0.4 is 0 Å². The normalized spacial score (nSPS) is 20.7. The summed E-state index contributed by atoms with van der Waals surface area (Å²) in [5.74, 6) is 0.331. The van der Waals surface area contributed by atoms with Gasteiger partial charge in [-0.05, 0) is 43.3 Å². The number of rotatable bonds is 7. The molecule has 1 aliphatic rings. The van der Waals surface area contributed by atoms with Crippen molar-refractivity contribution in [1.29, 1.82) is 0 Å². The van der Waals surface area contributed by atoms with Crippen molar-refractivity contribution >= 4 is 5.78 Å². The Bertz CT molecular complexity index is 297. The van der Waals surface area contributed by atoms with E-state index in [0.717, 1.165) is 36.8 Å². The Hall–Kier alpha value is -0.850. The molecule has 17 heavy (non-hydrogen) atoms. The predicted octanol–water partition coefficient (Wildman–Crippen LogP) is 4.97. The van der Waals surface area contributed by atoms with Crippen LogP contribution in [0.1, 0.15) is 71.6 Å². The van der Waals surface area contributed by atoms with Crippen molar-refractivity contribution in [2.45, 2.75) is 71.6 Å². The largest absolute Gasteiger partial charge is 0.289 e. The number of ketones is 1. The fourth-order valence-electron chi connectivity index (χ4n) is 2.24. The minimum Gasteiger partial charge on any atom is -0.289 e. The van der Waals surface area contributed by atoms with Crippen LogP contribution in [0, 0.1) is 0 Å². The molecular weight excluding hydrogens is 208 g/mol. The highest BCUT2D eigenvalue weighted by Gasteiger charge is 2.21. The van der Waals surface area contributed by atoms with Crippen molar-refractivity contribution in [3.05, 3.63) is 23.3 Å². The molecule has 0 bridgehead atoms. The summed E-state index contributed by atoms with van der Waals surface area (Å²) in [7, 11) is 0. The lowest BCUT2D eigenvalue weighted by Crippen LogP contribution is -1.95. The van der Waals surface area contributed by atoms with Crippen molar-refractivity contribution in [1.82, 2.24) is 0 Å². The molecule has 0 saturated heterocycles. The molecule has 1 saturated carbocycles. The zero-order valence-electron chi connectivity index (χ0n) is 11.4. The van der Waals surface area contributed by atoms with E-state index in [0.29, 0.717) is 5.78 Å². The van der Waals surface area contributed by atoms with E-state index in [2.05, 4.69) is 26.0 Å². The molecule has 0 aromatic heterocycles. The summed E-state index contributed by atoms with van der Waals surface area (Å²) in [6.07, 6.45) is 14.6. The number of carbonyl (C=O) groups is 1. The first kappa shape index (κ1) is 14.2. The molecule has 1 fully saturated rings. The summed E-state index contributed by atoms with van der Waals surface area (Å²) in [5.41, 5.74) is 2.14. The van der Waals surface area contributed by atoms with E-state index in [1.165, 1.54) is 32.1 Å². The van der Waals surface area contributed by atoms with Gasteiger partial charge in [0.05, 0.1) is 0 Å². The van der Waals surface area contributed by atoms with Gasteiger partial charge in [-0.15, -0.1) is 0 Å². The van der Waals surface area contributed by atoms with Gasteiger partial charge in [-0.3, -0.25) is 4.79 Å². The predicted molar refractivity (Wildman–Crippen MR) is 74.1 cm³/mol. The topological polar surface area (TPSA) is 17.1 Å². The van der Waals surface area contributed by atoms with Crippen LogP contribution in [0.25, 0.3) is 0 Å². The molecule has 1 rings (SSSR count). The molecule has 0 atom stereocenters. The number of unbranched alkanes of at least 4 members (excludes halogenated alkanes) is 5. The second kappa shape index (κ2) is 8.27. The van der Waals surface area contributed by atoms with Gasteiger partial charge in [0.15, 0.2) is 5.78 Å². The van der Waals surface area contributed by atoms with Gasteiger partial charge in [-0.25, -0.2) is 0 Å². The molecule has 0 aromatic rings. The van der Waals surface area contributed by atoms with Crippen LogP contribution in [-0.2, 0) is 4.79 Å². The second-order valence-corrected chi connectivity index (χ2v) is 4.93. The van der Waals surface area contributed by atoms with E-state index in [1.807, 2.05) is 0 Å². The monoisotopic (exact) mass is 234 g/mol. The lowest BCUT2D eigenvalue weighted by Gasteiger charge is -1.96. The molecule has 0 aromatic carbocycles. The van der Waals surface area contributed by atoms with Gasteiger partial charge in [0, 0.05) is 0 Å². The Morgan fingerprint density at radius 1 is 0.882 bits per heavy atom. The summed E-state index contributed by atoms with van der Waals surface area (Å²) in [5, 5.41) is 0. The van der Waals surface area contributed by atoms with Crippen molar-refractivity contribution in [3.8, 4) is 0 Å². The average molecular weight is 234 g/mol. The zero-order valence-corrected chi connectivity index (χ0v) is 11.4. The van der Waals surface area contributed by atoms with Crippen LogP contribution in [0.15, 0.2) is 23.3 Å². The SMILES string of the molecule is CCCC/C=C1\CC/C(=C/CCCCC)C1=O. The van der Waals surface area contributed by atoms with Crippen molar-refractivity contribution in [3.63, 3.8) is 0 Å². The Morgan fingerprint density at radius 3 is 1.94 bits per heavy atom. The van der Waals surface area contributed by atoms with E-state index in [1.54, 1.807) is 0 Å². The fourth-order valence-corrected chi connectivity index (χ4v) is 2.24. The Labute approximate surface area is 106 Å². The van der Waals surface area contributed by atoms with Crippen LogP contribution in [0.3, 0.4) is 0 Å². The molecule has 0 heterocycles. The number of allylic oxidation sites excluding steroid dienone is 4. The summed E-state index contributed by atoms with van der Waals surface area (Å²) in [4.78, 5) is 12.0. The lowest BCUT2D eigenvalue weighted by molar-refractivity contribution is -0.111. The van der Waals surface area contributed by atoms with Crippen molar-refractivity contribution in [2.75, 3.05) is 0 Å². The smallest absolute Gasteiger partial charge is 0.184 e. The summed E-state index contributed by atoms with van der Waals surface area (Å²) in [6.45, 7) is 4.40. The highest BCUT2D eigenvalue weighted by molar-refractivity contribution is 6.10. The molecule has 0 unspecified atom stereocenters. The molecule has 0 spiro atoms. The molecule has 96 valence electrons. The molecule has 1 nitrogen and oxygen atoms in total. The van der Waals surface area contributed by atoms with E-state index in [4.69, 9.17) is 0 Å². The maximum absolute atomic E-state index is 12.0. The maximum atomic E-state index is 12.0. The molecule has 1 aliphatic carbocycles. The van der Waals surface area contributed by atoms with Crippen LogP contribution >= 0.6 is 0 Å². The van der Waals surface area contributed by atoms with Crippen molar-refractivity contribution < 1.29 is 4.79 Å². The Kier molecular flexibility index (Phi) is 6.91. The standard InChI is InChI=1S/C16H26O/c1-3-5-7-9-11-15-13-12-14(16(15)17)10-8-6-4-2/h10-11H,3-9,12-13H2,1-2H3/b14-10+,15-11-. The summed E-state index contributed by atoms with van der Waals surface area (Å²) >= 11 is 0. The van der Waals surface area contributed by atoms with Gasteiger partial charge in [0.25, 0.3) is 0 Å². The lowest BCUT2D eigenvalue weighted by atomic mass is 10.1. The minimum absolute atomic E-state index is 0.331. The van der Waals surface area contributed by atoms with E-state index >= 15 is 0 Å². The molecule has 0 N–H and O–H groups in total. The fraction of sp³-hybridized carbons (Fsp3) is 0.688. The third-order valence-electron chi connectivity index (χ3n) is 3.39. The molecule has 0 amide bonds. The first-order valence-corrected chi connectivity index (χ1v) is 7.22. The van der Waals surface area contributed by atoms with Gasteiger partial charge in [-0.1, -0.05) is 51.7 Å². The highest BCUT2D eigenvalue weighted by atomic mass is 16.1. The van der Waals surface area contributed by atoms with Crippen LogP contribution in [0.2, 0.25) is 0 Å². The van der Waals surface area contributed by atoms with Gasteiger partial charge < -0.3 is 0 Å². The quantitative estimate of drug-likeness (QED) is 0.449. The van der Waals surface area contributed by atoms with E-state index in [9.17, 15) is 4.79 Å². The first-order valence-electron chi connectivity index (χ1n) is 7.22. The van der Waals surface area contributed by atoms with E-state index in [-0.39, 0.29) is 0 Å². The number of hydrogen-bond donors (Lipinski definition) is 0. The van der Waals surface area contributed by atoms with Crippen molar-refractivity contribution in [2.24, 2.45) is 0 Å². The minimum atomic E-state index is 0.331. The summed E-state index contributed by atoms with van der Waals surface area (Å²) in [6, 6.07) is 0. The third-order valence-corrected chi connectivity index (χ3v) is 3.39. The number of Topliss-reactive ketones (excluding diaryl/α,β-unsaturated/α-hetero) is 1. The van der Waals surface area contributed by atoms with Crippen LogP contribution in [0.4, 0.5) is 0 Å². The van der Waals surface area contributed by atoms with Gasteiger partial charge >= 0.3 is 0 Å². The Balaban J connectivity index is 2.40. The van der Waals surface area contributed by atoms with E-state index < -0.39 is 0 Å². The Morgan fingerprint density at radius 2 is 1.41 bits per heavy atom. The second-order valence-electron chi connectivity index (χ2n) is 4.93. The molecule has 0 aliphatic heterocycles. The molecular formula is C16H26O. The van der Waals surface area contributed by atoms with Gasteiger partial charge in [0.1, 0.15) is 0 Å². The number of carbonyl (C=O) groups excluding carboxylic acids is 1. The van der Waals surface area contributed by atoms with Crippen LogP contribution in [0.5, 0.6) is 0 Å². The average Bonchev–Trinajstić information content (AvgIpc) is 2.67. The van der Waals surface area contributed by atoms with Crippen LogP contribution in [-0.4, -0.2) is 5.78 Å². The summed E-state index contributed by atoms with van der Waals surface area (Å²) < 4.78 is 0. The van der Waals surface area contributed by atoms with Gasteiger partial charge in [0.2, 0.25) is 0 Å². The maximum Gasteiger partial charge on any atom is 0.184 e. The zero-order chi connectivity index (χ0) is 12.5. The molecule has 0 radical (unpaired) electrons. The molecule has 1 heteroatoms. The number of hydrogen-bond acceptors (Lipinski definition) is 1. The van der Waals surface area contributed by atoms with Gasteiger partial charge in [-0.2, -0.15) is 0 Å². The third kappa shape index (κ3) is 4.89. The first-order chi connectivity index (χ1) is 8.29.